The normalized spacial score (nSPS) is 12.8. The van der Waals surface area contributed by atoms with Gasteiger partial charge < -0.3 is 19.2 Å². The first-order valence-corrected chi connectivity index (χ1v) is 12.0. The average molecular weight is 551 g/mol. The molecule has 0 fully saturated rings. The monoisotopic (exact) mass is 551 g/mol. The van der Waals surface area contributed by atoms with Gasteiger partial charge in [-0.3, -0.25) is 4.79 Å². The van der Waals surface area contributed by atoms with Crippen molar-refractivity contribution in [1.29, 1.82) is 0 Å². The van der Waals surface area contributed by atoms with Gasteiger partial charge >= 0.3 is 5.97 Å². The molecule has 0 radical (unpaired) electrons. The Hall–Kier alpha value is -2.33. The first-order chi connectivity index (χ1) is 15.0. The van der Waals surface area contributed by atoms with Gasteiger partial charge in [0, 0.05) is 8.45 Å². The Bertz CT molecular complexity index is 1090. The van der Waals surface area contributed by atoms with Crippen LogP contribution in [0, 0.1) is 3.57 Å². The van der Waals surface area contributed by atoms with Crippen LogP contribution in [0.1, 0.15) is 56.9 Å². The molecule has 1 aromatic carbocycles. The minimum atomic E-state index is -0.398. The average Bonchev–Trinajstić information content (AvgIpc) is 3.38. The lowest BCUT2D eigenvalue weighted by Crippen LogP contribution is -2.15. The van der Waals surface area contributed by atoms with Gasteiger partial charge in [0.1, 0.15) is 23.1 Å². The van der Waals surface area contributed by atoms with E-state index in [0.29, 0.717) is 22.9 Å². The molecule has 0 saturated heterocycles. The SMILES string of the molecule is CCOC(=O)c1c(NC(=O)c2ccc(COc3ccc(I)cc3)o2)sc2c1CCCC2. The molecule has 1 aliphatic carbocycles. The van der Waals surface area contributed by atoms with Gasteiger partial charge in [-0.2, -0.15) is 0 Å². The van der Waals surface area contributed by atoms with Crippen molar-refractivity contribution in [3.63, 3.8) is 0 Å². The first-order valence-electron chi connectivity index (χ1n) is 10.1. The maximum Gasteiger partial charge on any atom is 0.341 e. The Morgan fingerprint density at radius 1 is 1.13 bits per heavy atom. The molecule has 4 rings (SSSR count). The summed E-state index contributed by atoms with van der Waals surface area (Å²) in [5.41, 5.74) is 1.50. The molecule has 1 aliphatic rings. The predicted octanol–water partition coefficient (Wildman–Crippen LogP) is 5.83. The number of carbonyl (C=O) groups is 2. The molecule has 162 valence electrons. The number of nitrogens with one attached hydrogen (secondary N) is 1. The molecule has 2 heterocycles. The molecule has 2 aromatic heterocycles. The van der Waals surface area contributed by atoms with Crippen molar-refractivity contribution in [1.82, 2.24) is 0 Å². The van der Waals surface area contributed by atoms with Crippen LogP contribution >= 0.6 is 33.9 Å². The largest absolute Gasteiger partial charge is 0.486 e. The number of benzene rings is 1. The molecule has 3 aromatic rings. The van der Waals surface area contributed by atoms with E-state index in [2.05, 4.69) is 27.9 Å². The summed E-state index contributed by atoms with van der Waals surface area (Å²) in [6.07, 6.45) is 3.87. The number of furan rings is 1. The zero-order chi connectivity index (χ0) is 21.8. The van der Waals surface area contributed by atoms with Gasteiger partial charge in [-0.25, -0.2) is 4.79 Å². The third-order valence-electron chi connectivity index (χ3n) is 4.96. The van der Waals surface area contributed by atoms with Crippen molar-refractivity contribution in [2.24, 2.45) is 0 Å². The lowest BCUT2D eigenvalue weighted by Gasteiger charge is -2.12. The number of carbonyl (C=O) groups excluding carboxylic acids is 2. The summed E-state index contributed by atoms with van der Waals surface area (Å²) in [7, 11) is 0. The van der Waals surface area contributed by atoms with Gasteiger partial charge in [0.2, 0.25) is 0 Å². The van der Waals surface area contributed by atoms with Gasteiger partial charge in [-0.05, 0) is 97.2 Å². The fourth-order valence-corrected chi connectivity index (χ4v) is 5.13. The lowest BCUT2D eigenvalue weighted by molar-refractivity contribution is 0.0526. The number of thiophene rings is 1. The second kappa shape index (κ2) is 9.86. The highest BCUT2D eigenvalue weighted by molar-refractivity contribution is 14.1. The van der Waals surface area contributed by atoms with Crippen molar-refractivity contribution < 1.29 is 23.5 Å². The van der Waals surface area contributed by atoms with E-state index in [0.717, 1.165) is 45.4 Å². The van der Waals surface area contributed by atoms with Gasteiger partial charge in [0.15, 0.2) is 5.76 Å². The van der Waals surface area contributed by atoms with Crippen molar-refractivity contribution in [3.8, 4) is 5.75 Å². The molecule has 1 amide bonds. The highest BCUT2D eigenvalue weighted by atomic mass is 127. The quantitative estimate of drug-likeness (QED) is 0.295. The van der Waals surface area contributed by atoms with E-state index in [1.165, 1.54) is 11.3 Å². The molecule has 0 saturated carbocycles. The molecule has 0 atom stereocenters. The summed E-state index contributed by atoms with van der Waals surface area (Å²) in [5.74, 6) is 0.654. The van der Waals surface area contributed by atoms with E-state index in [-0.39, 0.29) is 18.3 Å². The Balaban J connectivity index is 1.46. The van der Waals surface area contributed by atoms with Crippen molar-refractivity contribution in [2.45, 2.75) is 39.2 Å². The number of halogens is 1. The molecule has 0 aliphatic heterocycles. The molecule has 0 bridgehead atoms. The number of ether oxygens (including phenoxy) is 2. The van der Waals surface area contributed by atoms with Crippen LogP contribution in [0.4, 0.5) is 5.00 Å². The Morgan fingerprint density at radius 3 is 2.68 bits per heavy atom. The molecular formula is C23H22INO5S. The molecule has 1 N–H and O–H groups in total. The molecular weight excluding hydrogens is 529 g/mol. The van der Waals surface area contributed by atoms with E-state index in [9.17, 15) is 9.59 Å². The van der Waals surface area contributed by atoms with Gasteiger partial charge in [0.25, 0.3) is 5.91 Å². The highest BCUT2D eigenvalue weighted by Crippen LogP contribution is 2.38. The van der Waals surface area contributed by atoms with Crippen LogP contribution in [0.25, 0.3) is 0 Å². The number of hydrogen-bond acceptors (Lipinski definition) is 6. The Labute approximate surface area is 198 Å². The second-order valence-corrected chi connectivity index (χ2v) is 9.45. The number of esters is 1. The number of anilines is 1. The van der Waals surface area contributed by atoms with Crippen LogP contribution in [-0.2, 0) is 24.2 Å². The van der Waals surface area contributed by atoms with E-state index in [4.69, 9.17) is 13.9 Å². The lowest BCUT2D eigenvalue weighted by atomic mass is 9.95. The number of fused-ring (bicyclic) bond motifs is 1. The smallest absolute Gasteiger partial charge is 0.341 e. The fourth-order valence-electron chi connectivity index (χ4n) is 3.50. The fraction of sp³-hybridized carbons (Fsp3) is 0.304. The zero-order valence-corrected chi connectivity index (χ0v) is 20.0. The summed E-state index contributed by atoms with van der Waals surface area (Å²) in [4.78, 5) is 26.5. The van der Waals surface area contributed by atoms with E-state index in [1.807, 2.05) is 24.3 Å². The molecule has 8 heteroatoms. The third-order valence-corrected chi connectivity index (χ3v) is 6.88. The van der Waals surface area contributed by atoms with Gasteiger partial charge in [-0.1, -0.05) is 0 Å². The molecule has 6 nitrogen and oxygen atoms in total. The minimum Gasteiger partial charge on any atom is -0.486 e. The molecule has 0 unspecified atom stereocenters. The van der Waals surface area contributed by atoms with Crippen LogP contribution in [-0.4, -0.2) is 18.5 Å². The van der Waals surface area contributed by atoms with Crippen molar-refractivity contribution in [2.75, 3.05) is 11.9 Å². The first kappa shape index (κ1) is 21.9. The van der Waals surface area contributed by atoms with Crippen LogP contribution in [0.15, 0.2) is 40.8 Å². The topological polar surface area (TPSA) is 77.8 Å². The maximum atomic E-state index is 12.8. The summed E-state index contributed by atoms with van der Waals surface area (Å²) < 4.78 is 17.7. The number of rotatable bonds is 7. The number of hydrogen-bond donors (Lipinski definition) is 1. The van der Waals surface area contributed by atoms with Crippen LogP contribution in [0.3, 0.4) is 0 Å². The molecule has 0 spiro atoms. The summed E-state index contributed by atoms with van der Waals surface area (Å²) in [6, 6.07) is 11.0. The van der Waals surface area contributed by atoms with Crippen molar-refractivity contribution in [3.05, 3.63) is 67.5 Å². The summed E-state index contributed by atoms with van der Waals surface area (Å²) >= 11 is 3.69. The summed E-state index contributed by atoms with van der Waals surface area (Å²) in [6.45, 7) is 2.28. The Kier molecular flexibility index (Phi) is 6.96. The van der Waals surface area contributed by atoms with Crippen molar-refractivity contribution >= 4 is 50.8 Å². The van der Waals surface area contributed by atoms with Crippen LogP contribution in [0.2, 0.25) is 0 Å². The maximum absolute atomic E-state index is 12.8. The van der Waals surface area contributed by atoms with E-state index in [1.54, 1.807) is 19.1 Å². The number of aryl methyl sites for hydroxylation is 1. The number of amides is 1. The predicted molar refractivity (Wildman–Crippen MR) is 127 cm³/mol. The third kappa shape index (κ3) is 5.12. The zero-order valence-electron chi connectivity index (χ0n) is 17.0. The van der Waals surface area contributed by atoms with Crippen LogP contribution in [0.5, 0.6) is 5.75 Å². The van der Waals surface area contributed by atoms with Gasteiger partial charge in [0.05, 0.1) is 12.2 Å². The summed E-state index contributed by atoms with van der Waals surface area (Å²) in [5, 5.41) is 3.39. The Morgan fingerprint density at radius 2 is 1.90 bits per heavy atom. The highest BCUT2D eigenvalue weighted by Gasteiger charge is 2.28. The second-order valence-electron chi connectivity index (χ2n) is 7.10. The van der Waals surface area contributed by atoms with E-state index < -0.39 is 5.91 Å². The van der Waals surface area contributed by atoms with Crippen LogP contribution < -0.4 is 10.1 Å². The standard InChI is InChI=1S/C23H22INO5S/c1-2-28-23(27)20-17-5-3-4-6-19(17)31-22(20)25-21(26)18-12-11-16(30-18)13-29-15-9-7-14(24)8-10-15/h7-12H,2-6,13H2,1H3,(H,25,26). The van der Waals surface area contributed by atoms with Gasteiger partial charge in [-0.15, -0.1) is 11.3 Å². The minimum absolute atomic E-state index is 0.169. The molecule has 31 heavy (non-hydrogen) atoms. The van der Waals surface area contributed by atoms with E-state index >= 15 is 0 Å².